The van der Waals surface area contributed by atoms with Crippen LogP contribution < -0.4 is 0 Å². The Labute approximate surface area is 84.0 Å². The SMILES string of the molecule is CCN(C(C)=O)C(C)CC(=O)CCl. The van der Waals surface area contributed by atoms with E-state index in [0.717, 1.165) is 0 Å². The molecule has 0 aliphatic carbocycles. The number of ketones is 1. The second-order valence-electron chi connectivity index (χ2n) is 3.03. The summed E-state index contributed by atoms with van der Waals surface area (Å²) in [6, 6.07) is -0.0475. The van der Waals surface area contributed by atoms with Crippen molar-refractivity contribution in [2.45, 2.75) is 33.2 Å². The number of halogens is 1. The average Bonchev–Trinajstić information content (AvgIpc) is 2.04. The van der Waals surface area contributed by atoms with Gasteiger partial charge in [-0.05, 0) is 13.8 Å². The maximum absolute atomic E-state index is 11.1. The van der Waals surface area contributed by atoms with Gasteiger partial charge in [0.25, 0.3) is 0 Å². The standard InChI is InChI=1S/C9H16ClNO2/c1-4-11(8(3)12)7(2)5-9(13)6-10/h7H,4-6H2,1-3H3. The summed E-state index contributed by atoms with van der Waals surface area (Å²) in [5.74, 6) is 0.00558. The first-order valence-electron chi connectivity index (χ1n) is 4.37. The second-order valence-corrected chi connectivity index (χ2v) is 3.30. The van der Waals surface area contributed by atoms with Crippen LogP contribution in [-0.4, -0.2) is 35.1 Å². The molecule has 0 N–H and O–H groups in total. The Morgan fingerprint density at radius 2 is 2.00 bits per heavy atom. The molecule has 1 atom stereocenters. The zero-order valence-corrected chi connectivity index (χ0v) is 9.10. The predicted octanol–water partition coefficient (Wildman–Crippen LogP) is 1.44. The lowest BCUT2D eigenvalue weighted by Gasteiger charge is -2.26. The molecule has 13 heavy (non-hydrogen) atoms. The maximum Gasteiger partial charge on any atom is 0.219 e. The van der Waals surface area contributed by atoms with Crippen molar-refractivity contribution in [1.82, 2.24) is 4.90 Å². The number of nitrogens with zero attached hydrogens (tertiary/aromatic N) is 1. The number of hydrogen-bond acceptors (Lipinski definition) is 2. The van der Waals surface area contributed by atoms with Crippen LogP contribution in [0, 0.1) is 0 Å². The quantitative estimate of drug-likeness (QED) is 0.637. The van der Waals surface area contributed by atoms with E-state index >= 15 is 0 Å². The van der Waals surface area contributed by atoms with Gasteiger partial charge in [0, 0.05) is 25.9 Å². The first-order valence-corrected chi connectivity index (χ1v) is 4.91. The second kappa shape index (κ2) is 5.97. The molecule has 0 aliphatic rings. The van der Waals surface area contributed by atoms with Crippen molar-refractivity contribution < 1.29 is 9.59 Å². The van der Waals surface area contributed by atoms with Crippen LogP contribution >= 0.6 is 11.6 Å². The molecule has 0 saturated heterocycles. The van der Waals surface area contributed by atoms with Crippen LogP contribution in [0.25, 0.3) is 0 Å². The molecule has 0 aromatic rings. The summed E-state index contributed by atoms with van der Waals surface area (Å²) in [4.78, 5) is 23.7. The van der Waals surface area contributed by atoms with E-state index in [4.69, 9.17) is 11.6 Å². The van der Waals surface area contributed by atoms with Crippen LogP contribution in [0.15, 0.2) is 0 Å². The first kappa shape index (κ1) is 12.4. The van der Waals surface area contributed by atoms with Crippen molar-refractivity contribution in [1.29, 1.82) is 0 Å². The monoisotopic (exact) mass is 205 g/mol. The third-order valence-corrected chi connectivity index (χ3v) is 2.25. The number of carbonyl (C=O) groups excluding carboxylic acids is 2. The third kappa shape index (κ3) is 4.27. The molecule has 0 rings (SSSR count). The van der Waals surface area contributed by atoms with Crippen molar-refractivity contribution in [2.75, 3.05) is 12.4 Å². The molecule has 0 aromatic carbocycles. The van der Waals surface area contributed by atoms with Crippen molar-refractivity contribution in [3.8, 4) is 0 Å². The van der Waals surface area contributed by atoms with E-state index in [2.05, 4.69) is 0 Å². The highest BCUT2D eigenvalue weighted by atomic mass is 35.5. The summed E-state index contributed by atoms with van der Waals surface area (Å²) < 4.78 is 0. The van der Waals surface area contributed by atoms with E-state index in [1.165, 1.54) is 6.92 Å². The highest BCUT2D eigenvalue weighted by Crippen LogP contribution is 2.05. The van der Waals surface area contributed by atoms with E-state index < -0.39 is 0 Å². The average molecular weight is 206 g/mol. The number of rotatable bonds is 5. The molecule has 0 aromatic heterocycles. The Kier molecular flexibility index (Phi) is 5.71. The maximum atomic E-state index is 11.1. The zero-order chi connectivity index (χ0) is 10.4. The summed E-state index contributed by atoms with van der Waals surface area (Å²) in [6.07, 6.45) is 0.344. The van der Waals surface area contributed by atoms with E-state index in [-0.39, 0.29) is 23.6 Å². The molecular formula is C9H16ClNO2. The minimum Gasteiger partial charge on any atom is -0.340 e. The number of amides is 1. The Morgan fingerprint density at radius 1 is 1.46 bits per heavy atom. The van der Waals surface area contributed by atoms with Gasteiger partial charge in [-0.15, -0.1) is 11.6 Å². The van der Waals surface area contributed by atoms with Gasteiger partial charge in [-0.3, -0.25) is 9.59 Å². The van der Waals surface area contributed by atoms with Gasteiger partial charge in [0.1, 0.15) is 5.78 Å². The molecule has 0 saturated carbocycles. The number of alkyl halides is 1. The number of hydrogen-bond donors (Lipinski definition) is 0. The highest BCUT2D eigenvalue weighted by molar-refractivity contribution is 6.27. The van der Waals surface area contributed by atoms with Crippen molar-refractivity contribution >= 4 is 23.3 Å². The van der Waals surface area contributed by atoms with Gasteiger partial charge >= 0.3 is 0 Å². The van der Waals surface area contributed by atoms with Gasteiger partial charge in [-0.1, -0.05) is 0 Å². The molecule has 4 heteroatoms. The van der Waals surface area contributed by atoms with E-state index in [1.807, 2.05) is 13.8 Å². The van der Waals surface area contributed by atoms with Gasteiger partial charge in [-0.2, -0.15) is 0 Å². The first-order chi connectivity index (χ1) is 6.02. The molecule has 0 heterocycles. The smallest absolute Gasteiger partial charge is 0.219 e. The van der Waals surface area contributed by atoms with E-state index in [0.29, 0.717) is 13.0 Å². The van der Waals surface area contributed by atoms with Crippen LogP contribution in [-0.2, 0) is 9.59 Å². The summed E-state index contributed by atoms with van der Waals surface area (Å²) in [7, 11) is 0. The summed E-state index contributed by atoms with van der Waals surface area (Å²) in [5, 5.41) is 0. The fraction of sp³-hybridized carbons (Fsp3) is 0.778. The summed E-state index contributed by atoms with van der Waals surface area (Å²) in [5.41, 5.74) is 0. The molecule has 1 unspecified atom stereocenters. The normalized spacial score (nSPS) is 12.3. The van der Waals surface area contributed by atoms with Gasteiger partial charge in [0.15, 0.2) is 0 Å². The molecule has 0 fully saturated rings. The molecule has 1 amide bonds. The Balaban J connectivity index is 4.13. The lowest BCUT2D eigenvalue weighted by Crippen LogP contribution is -2.38. The van der Waals surface area contributed by atoms with Crippen molar-refractivity contribution in [3.63, 3.8) is 0 Å². The lowest BCUT2D eigenvalue weighted by atomic mass is 10.1. The highest BCUT2D eigenvalue weighted by Gasteiger charge is 2.17. The predicted molar refractivity (Wildman–Crippen MR) is 52.9 cm³/mol. The van der Waals surface area contributed by atoms with Crippen LogP contribution in [0.5, 0.6) is 0 Å². The van der Waals surface area contributed by atoms with Crippen LogP contribution in [0.3, 0.4) is 0 Å². The number of carbonyl (C=O) groups is 2. The minimum atomic E-state index is -0.0475. The van der Waals surface area contributed by atoms with Crippen molar-refractivity contribution in [2.24, 2.45) is 0 Å². The lowest BCUT2D eigenvalue weighted by molar-refractivity contribution is -0.131. The molecular weight excluding hydrogens is 190 g/mol. The van der Waals surface area contributed by atoms with Crippen LogP contribution in [0.2, 0.25) is 0 Å². The third-order valence-electron chi connectivity index (χ3n) is 1.95. The van der Waals surface area contributed by atoms with E-state index in [1.54, 1.807) is 4.90 Å². The van der Waals surface area contributed by atoms with Gasteiger partial charge in [0.05, 0.1) is 5.88 Å². The summed E-state index contributed by atoms with van der Waals surface area (Å²) >= 11 is 5.37. The molecule has 0 bridgehead atoms. The minimum absolute atomic E-state index is 0.00243. The molecule has 76 valence electrons. The Bertz CT molecular complexity index is 194. The Hall–Kier alpha value is -0.570. The topological polar surface area (TPSA) is 37.4 Å². The van der Waals surface area contributed by atoms with E-state index in [9.17, 15) is 9.59 Å². The molecule has 3 nitrogen and oxygen atoms in total. The van der Waals surface area contributed by atoms with Crippen molar-refractivity contribution in [3.05, 3.63) is 0 Å². The van der Waals surface area contributed by atoms with Gasteiger partial charge in [0.2, 0.25) is 5.91 Å². The molecule has 0 aliphatic heterocycles. The fourth-order valence-electron chi connectivity index (χ4n) is 1.34. The Morgan fingerprint density at radius 3 is 2.31 bits per heavy atom. The number of Topliss-reactive ketones (excluding diaryl/α,β-unsaturated/α-hetero) is 1. The summed E-state index contributed by atoms with van der Waals surface area (Å²) in [6.45, 7) is 5.88. The van der Waals surface area contributed by atoms with Gasteiger partial charge in [-0.25, -0.2) is 0 Å². The van der Waals surface area contributed by atoms with Gasteiger partial charge < -0.3 is 4.90 Å². The zero-order valence-electron chi connectivity index (χ0n) is 8.34. The molecule has 0 radical (unpaired) electrons. The van der Waals surface area contributed by atoms with Crippen LogP contribution in [0.4, 0.5) is 0 Å². The molecule has 0 spiro atoms. The fourth-order valence-corrected chi connectivity index (χ4v) is 1.45. The largest absolute Gasteiger partial charge is 0.340 e. The van der Waals surface area contributed by atoms with Crippen LogP contribution in [0.1, 0.15) is 27.2 Å².